The number of benzene rings is 3. The van der Waals surface area contributed by atoms with Crippen molar-refractivity contribution in [1.82, 2.24) is 14.7 Å². The molecule has 0 aliphatic heterocycles. The van der Waals surface area contributed by atoms with Crippen LogP contribution in [0.3, 0.4) is 0 Å². The summed E-state index contributed by atoms with van der Waals surface area (Å²) in [6, 6.07) is 25.8. The van der Waals surface area contributed by atoms with Crippen LogP contribution in [0.15, 0.2) is 89.7 Å². The van der Waals surface area contributed by atoms with Gasteiger partial charge in [-0.1, -0.05) is 60.7 Å². The fraction of sp³-hybridized carbons (Fsp3) is 0.148. The van der Waals surface area contributed by atoms with Gasteiger partial charge in [0.05, 0.1) is 23.5 Å². The topological polar surface area (TPSA) is 97.2 Å². The van der Waals surface area contributed by atoms with Crippen LogP contribution >= 0.6 is 0 Å². The first kappa shape index (κ1) is 23.6. The zero-order valence-electron chi connectivity index (χ0n) is 19.6. The van der Waals surface area contributed by atoms with Crippen molar-refractivity contribution in [3.63, 3.8) is 0 Å². The summed E-state index contributed by atoms with van der Waals surface area (Å²) in [5, 5.41) is 8.63. The Morgan fingerprint density at radius 3 is 2.20 bits per heavy atom. The van der Waals surface area contributed by atoms with Crippen LogP contribution in [0.1, 0.15) is 21.6 Å². The number of amides is 2. The largest absolute Gasteiger partial charge is 0.376 e. The van der Waals surface area contributed by atoms with Gasteiger partial charge in [0.2, 0.25) is 5.91 Å². The zero-order valence-corrected chi connectivity index (χ0v) is 19.6. The van der Waals surface area contributed by atoms with Crippen LogP contribution in [0.25, 0.3) is 5.69 Å². The smallest absolute Gasteiger partial charge is 0.295 e. The molecule has 0 saturated heterocycles. The van der Waals surface area contributed by atoms with E-state index in [4.69, 9.17) is 0 Å². The first-order valence-corrected chi connectivity index (χ1v) is 11.2. The van der Waals surface area contributed by atoms with Gasteiger partial charge in [0.1, 0.15) is 5.69 Å². The van der Waals surface area contributed by atoms with Crippen LogP contribution in [0.4, 0.5) is 11.4 Å². The second-order valence-corrected chi connectivity index (χ2v) is 8.05. The molecule has 0 spiro atoms. The standard InChI is InChI=1S/C27H27N5O3/c1-19-25(27(35)32(31(19)2)21-13-7-4-8-14-21)30-24(33)18-28-23-16-10-9-15-22(23)26(34)29-17-20-11-5-3-6-12-20/h3-16,28H,17-18H2,1-2H3,(H,29,34)(H,30,33). The van der Waals surface area contributed by atoms with E-state index >= 15 is 0 Å². The van der Waals surface area contributed by atoms with Crippen molar-refractivity contribution in [3.8, 4) is 5.69 Å². The Labute approximate surface area is 203 Å². The van der Waals surface area contributed by atoms with Crippen molar-refractivity contribution < 1.29 is 9.59 Å². The second kappa shape index (κ2) is 10.6. The van der Waals surface area contributed by atoms with E-state index in [0.29, 0.717) is 29.2 Å². The second-order valence-electron chi connectivity index (χ2n) is 8.05. The molecule has 4 aromatic rings. The van der Waals surface area contributed by atoms with Gasteiger partial charge >= 0.3 is 0 Å². The van der Waals surface area contributed by atoms with E-state index in [1.165, 1.54) is 4.68 Å². The van der Waals surface area contributed by atoms with Gasteiger partial charge in [-0.05, 0) is 36.8 Å². The highest BCUT2D eigenvalue weighted by molar-refractivity contribution is 6.01. The van der Waals surface area contributed by atoms with Crippen molar-refractivity contribution in [2.75, 3.05) is 17.2 Å². The fourth-order valence-corrected chi connectivity index (χ4v) is 3.78. The Kier molecular flexibility index (Phi) is 7.11. The van der Waals surface area contributed by atoms with Crippen LogP contribution < -0.4 is 21.5 Å². The predicted molar refractivity (Wildman–Crippen MR) is 137 cm³/mol. The van der Waals surface area contributed by atoms with Crippen molar-refractivity contribution in [2.24, 2.45) is 7.05 Å². The lowest BCUT2D eigenvalue weighted by Crippen LogP contribution is -2.28. The molecule has 3 aromatic carbocycles. The molecule has 0 fully saturated rings. The Balaban J connectivity index is 1.43. The van der Waals surface area contributed by atoms with Gasteiger partial charge in [-0.15, -0.1) is 0 Å². The monoisotopic (exact) mass is 469 g/mol. The summed E-state index contributed by atoms with van der Waals surface area (Å²) in [6.07, 6.45) is 0. The lowest BCUT2D eigenvalue weighted by Gasteiger charge is -2.12. The predicted octanol–water partition coefficient (Wildman–Crippen LogP) is 3.47. The van der Waals surface area contributed by atoms with Gasteiger partial charge in [0, 0.05) is 19.3 Å². The number of aromatic nitrogens is 2. The molecule has 1 aromatic heterocycles. The molecule has 35 heavy (non-hydrogen) atoms. The Morgan fingerprint density at radius 2 is 1.49 bits per heavy atom. The number of hydrogen-bond donors (Lipinski definition) is 3. The minimum absolute atomic E-state index is 0.109. The summed E-state index contributed by atoms with van der Waals surface area (Å²) >= 11 is 0. The number of nitrogens with zero attached hydrogens (tertiary/aromatic N) is 2. The highest BCUT2D eigenvalue weighted by atomic mass is 16.2. The lowest BCUT2D eigenvalue weighted by atomic mass is 10.1. The molecule has 0 bridgehead atoms. The van der Waals surface area contributed by atoms with Crippen molar-refractivity contribution in [3.05, 3.63) is 112 Å². The van der Waals surface area contributed by atoms with Crippen LogP contribution in [-0.2, 0) is 18.4 Å². The summed E-state index contributed by atoms with van der Waals surface area (Å²) in [5.74, 6) is -0.641. The molecule has 0 atom stereocenters. The third-order valence-electron chi connectivity index (χ3n) is 5.73. The minimum atomic E-state index is -0.393. The Bertz CT molecular complexity index is 1390. The van der Waals surface area contributed by atoms with E-state index < -0.39 is 5.91 Å². The quantitative estimate of drug-likeness (QED) is 0.368. The molecule has 1 heterocycles. The maximum atomic E-state index is 13.0. The Morgan fingerprint density at radius 1 is 0.857 bits per heavy atom. The highest BCUT2D eigenvalue weighted by Gasteiger charge is 2.18. The maximum absolute atomic E-state index is 13.0. The third-order valence-corrected chi connectivity index (χ3v) is 5.73. The van der Waals surface area contributed by atoms with Gasteiger partial charge in [-0.25, -0.2) is 4.68 Å². The number of para-hydroxylation sites is 2. The van der Waals surface area contributed by atoms with E-state index in [0.717, 1.165) is 5.56 Å². The number of carbonyl (C=O) groups is 2. The van der Waals surface area contributed by atoms with Gasteiger partial charge in [-0.2, -0.15) is 0 Å². The summed E-state index contributed by atoms with van der Waals surface area (Å²) in [5.41, 5.74) is 3.19. The summed E-state index contributed by atoms with van der Waals surface area (Å²) < 4.78 is 3.21. The molecule has 3 N–H and O–H groups in total. The molecular weight excluding hydrogens is 442 g/mol. The van der Waals surface area contributed by atoms with E-state index in [9.17, 15) is 14.4 Å². The number of nitrogens with one attached hydrogen (secondary N) is 3. The van der Waals surface area contributed by atoms with Gasteiger partial charge in [0.15, 0.2) is 0 Å². The van der Waals surface area contributed by atoms with E-state index in [1.54, 1.807) is 42.9 Å². The minimum Gasteiger partial charge on any atom is -0.376 e. The van der Waals surface area contributed by atoms with E-state index in [1.807, 2.05) is 60.7 Å². The van der Waals surface area contributed by atoms with Crippen LogP contribution in [0.2, 0.25) is 0 Å². The number of rotatable bonds is 8. The molecular formula is C27H27N5O3. The zero-order chi connectivity index (χ0) is 24.8. The number of carbonyl (C=O) groups excluding carboxylic acids is 2. The number of hydrogen-bond acceptors (Lipinski definition) is 4. The van der Waals surface area contributed by atoms with Crippen molar-refractivity contribution in [2.45, 2.75) is 13.5 Å². The average molecular weight is 470 g/mol. The highest BCUT2D eigenvalue weighted by Crippen LogP contribution is 2.16. The summed E-state index contributed by atoms with van der Waals surface area (Å²) in [4.78, 5) is 38.5. The van der Waals surface area contributed by atoms with Crippen molar-refractivity contribution >= 4 is 23.2 Å². The van der Waals surface area contributed by atoms with E-state index in [2.05, 4.69) is 16.0 Å². The molecule has 0 aliphatic rings. The SMILES string of the molecule is Cc1c(NC(=O)CNc2ccccc2C(=O)NCc2ccccc2)c(=O)n(-c2ccccc2)n1C. The first-order chi connectivity index (χ1) is 17.0. The molecule has 178 valence electrons. The van der Waals surface area contributed by atoms with Gasteiger partial charge in [0.25, 0.3) is 11.5 Å². The van der Waals surface area contributed by atoms with Gasteiger partial charge in [-0.3, -0.25) is 19.1 Å². The molecule has 0 saturated carbocycles. The lowest BCUT2D eigenvalue weighted by molar-refractivity contribution is -0.114. The third kappa shape index (κ3) is 5.33. The van der Waals surface area contributed by atoms with Crippen molar-refractivity contribution in [1.29, 1.82) is 0 Å². The summed E-state index contributed by atoms with van der Waals surface area (Å²) in [7, 11) is 1.77. The maximum Gasteiger partial charge on any atom is 0.295 e. The van der Waals surface area contributed by atoms with E-state index in [-0.39, 0.29) is 23.7 Å². The van der Waals surface area contributed by atoms with Crippen LogP contribution in [-0.4, -0.2) is 27.7 Å². The van der Waals surface area contributed by atoms with Crippen LogP contribution in [0, 0.1) is 6.92 Å². The Hall–Kier alpha value is -4.59. The fourth-order valence-electron chi connectivity index (χ4n) is 3.78. The molecule has 8 heteroatoms. The summed E-state index contributed by atoms with van der Waals surface area (Å²) in [6.45, 7) is 2.06. The molecule has 8 nitrogen and oxygen atoms in total. The van der Waals surface area contributed by atoms with Gasteiger partial charge < -0.3 is 16.0 Å². The first-order valence-electron chi connectivity index (χ1n) is 11.2. The molecule has 2 amide bonds. The molecule has 4 rings (SSSR count). The van der Waals surface area contributed by atoms with Crippen LogP contribution in [0.5, 0.6) is 0 Å². The molecule has 0 aliphatic carbocycles. The average Bonchev–Trinajstić information content (AvgIpc) is 3.10. The molecule has 0 unspecified atom stereocenters. The number of anilines is 2. The normalized spacial score (nSPS) is 10.6. The molecule has 0 radical (unpaired) electrons.